The molecule has 0 saturated heterocycles. The number of carbonyl (C=O) groups excluding carboxylic acids is 2. The molecular weight excluding hydrogens is 387 g/mol. The van der Waals surface area contributed by atoms with Gasteiger partial charge in [0.15, 0.2) is 0 Å². The minimum Gasteiger partial charge on any atom is -0.467 e. The van der Waals surface area contributed by atoms with E-state index in [1.807, 2.05) is 0 Å². The molecule has 1 aromatic carbocycles. The standard InChI is InChI=1S/C20H22Cl2N2O3/c21-12-18(25)24(13-17-6-3-11-27-17)19(14-7-9-15(22)10-8-14)20(26)23-16-4-1-2-5-16/h3,6-11,16,19H,1-2,4-5,12-13H2,(H,23,26)/t19-/m0/s1. The predicted octanol–water partition coefficient (Wildman–Crippen LogP) is 4.30. The number of amides is 2. The highest BCUT2D eigenvalue weighted by molar-refractivity contribution is 6.30. The van der Waals surface area contributed by atoms with Gasteiger partial charge in [0.25, 0.3) is 0 Å². The van der Waals surface area contributed by atoms with Crippen molar-refractivity contribution in [2.24, 2.45) is 0 Å². The Morgan fingerprint density at radius 1 is 1.19 bits per heavy atom. The highest BCUT2D eigenvalue weighted by atomic mass is 35.5. The van der Waals surface area contributed by atoms with Crippen LogP contribution in [0.5, 0.6) is 0 Å². The fourth-order valence-electron chi connectivity index (χ4n) is 3.44. The number of carbonyl (C=O) groups is 2. The maximum atomic E-state index is 13.2. The Balaban J connectivity index is 1.92. The molecule has 0 unspecified atom stereocenters. The maximum Gasteiger partial charge on any atom is 0.247 e. The molecule has 144 valence electrons. The Bertz CT molecular complexity index is 756. The van der Waals surface area contributed by atoms with Crippen LogP contribution in [0.3, 0.4) is 0 Å². The van der Waals surface area contributed by atoms with Gasteiger partial charge in [-0.2, -0.15) is 0 Å². The number of hydrogen-bond acceptors (Lipinski definition) is 3. The monoisotopic (exact) mass is 408 g/mol. The second-order valence-electron chi connectivity index (χ2n) is 6.68. The molecule has 1 heterocycles. The topological polar surface area (TPSA) is 62.6 Å². The molecule has 3 rings (SSSR count). The van der Waals surface area contributed by atoms with E-state index in [0.717, 1.165) is 25.7 Å². The van der Waals surface area contributed by atoms with Crippen LogP contribution in [0.4, 0.5) is 0 Å². The zero-order valence-electron chi connectivity index (χ0n) is 14.9. The maximum absolute atomic E-state index is 13.2. The lowest BCUT2D eigenvalue weighted by Crippen LogP contribution is -2.46. The zero-order valence-corrected chi connectivity index (χ0v) is 16.4. The second-order valence-corrected chi connectivity index (χ2v) is 7.38. The normalized spacial score (nSPS) is 15.5. The number of alkyl halides is 1. The first-order valence-electron chi connectivity index (χ1n) is 9.02. The number of furan rings is 1. The fraction of sp³-hybridized carbons (Fsp3) is 0.400. The quantitative estimate of drug-likeness (QED) is 0.694. The summed E-state index contributed by atoms with van der Waals surface area (Å²) < 4.78 is 5.39. The van der Waals surface area contributed by atoms with Crippen LogP contribution in [0.1, 0.15) is 43.0 Å². The van der Waals surface area contributed by atoms with Gasteiger partial charge in [0.05, 0.1) is 12.8 Å². The summed E-state index contributed by atoms with van der Waals surface area (Å²) >= 11 is 11.8. The van der Waals surface area contributed by atoms with Gasteiger partial charge in [-0.3, -0.25) is 9.59 Å². The predicted molar refractivity (Wildman–Crippen MR) is 105 cm³/mol. The van der Waals surface area contributed by atoms with Crippen molar-refractivity contribution in [1.82, 2.24) is 10.2 Å². The van der Waals surface area contributed by atoms with Crippen LogP contribution in [0.15, 0.2) is 47.1 Å². The zero-order chi connectivity index (χ0) is 19.2. The van der Waals surface area contributed by atoms with Crippen LogP contribution in [-0.2, 0) is 16.1 Å². The van der Waals surface area contributed by atoms with Gasteiger partial charge in [0, 0.05) is 11.1 Å². The first-order valence-corrected chi connectivity index (χ1v) is 9.93. The van der Waals surface area contributed by atoms with E-state index in [1.165, 1.54) is 11.2 Å². The van der Waals surface area contributed by atoms with Gasteiger partial charge in [0.2, 0.25) is 11.8 Å². The van der Waals surface area contributed by atoms with Crippen molar-refractivity contribution < 1.29 is 14.0 Å². The lowest BCUT2D eigenvalue weighted by atomic mass is 10.0. The lowest BCUT2D eigenvalue weighted by molar-refractivity contribution is -0.140. The van der Waals surface area contributed by atoms with Gasteiger partial charge in [-0.25, -0.2) is 0 Å². The third kappa shape index (κ3) is 5.05. The van der Waals surface area contributed by atoms with Crippen LogP contribution in [0.25, 0.3) is 0 Å². The van der Waals surface area contributed by atoms with E-state index < -0.39 is 6.04 Å². The van der Waals surface area contributed by atoms with Crippen molar-refractivity contribution in [1.29, 1.82) is 0 Å². The highest BCUT2D eigenvalue weighted by Crippen LogP contribution is 2.27. The number of hydrogen-bond donors (Lipinski definition) is 1. The number of nitrogens with zero attached hydrogens (tertiary/aromatic N) is 1. The molecule has 7 heteroatoms. The second kappa shape index (κ2) is 9.29. The van der Waals surface area contributed by atoms with E-state index in [0.29, 0.717) is 16.3 Å². The van der Waals surface area contributed by atoms with Gasteiger partial charge in [-0.15, -0.1) is 11.6 Å². The van der Waals surface area contributed by atoms with Crippen LogP contribution in [-0.4, -0.2) is 28.6 Å². The number of rotatable bonds is 7. The van der Waals surface area contributed by atoms with Crippen molar-refractivity contribution >= 4 is 35.0 Å². The highest BCUT2D eigenvalue weighted by Gasteiger charge is 2.33. The molecule has 0 spiro atoms. The van der Waals surface area contributed by atoms with E-state index in [9.17, 15) is 9.59 Å². The molecule has 1 aromatic heterocycles. The molecule has 1 fully saturated rings. The molecule has 1 saturated carbocycles. The minimum absolute atomic E-state index is 0.142. The van der Waals surface area contributed by atoms with E-state index in [4.69, 9.17) is 27.6 Å². The summed E-state index contributed by atoms with van der Waals surface area (Å²) in [7, 11) is 0. The van der Waals surface area contributed by atoms with Gasteiger partial charge < -0.3 is 14.6 Å². The summed E-state index contributed by atoms with van der Waals surface area (Å²) in [5, 5.41) is 3.66. The van der Waals surface area contributed by atoms with E-state index in [-0.39, 0.29) is 30.3 Å². The van der Waals surface area contributed by atoms with E-state index in [2.05, 4.69) is 5.32 Å². The van der Waals surface area contributed by atoms with Crippen LogP contribution < -0.4 is 5.32 Å². The smallest absolute Gasteiger partial charge is 0.247 e. The Kier molecular flexibility index (Phi) is 6.80. The molecule has 2 aromatic rings. The summed E-state index contributed by atoms with van der Waals surface area (Å²) in [6, 6.07) is 9.79. The van der Waals surface area contributed by atoms with Crippen molar-refractivity contribution in [3.05, 3.63) is 59.0 Å². The Hall–Kier alpha value is -1.98. The van der Waals surface area contributed by atoms with Gasteiger partial charge in [-0.05, 0) is 42.7 Å². The molecule has 0 bridgehead atoms. The van der Waals surface area contributed by atoms with Crippen molar-refractivity contribution in [3.8, 4) is 0 Å². The number of benzene rings is 1. The third-order valence-electron chi connectivity index (χ3n) is 4.79. The first kappa shape index (κ1) is 19.8. The molecule has 0 aliphatic heterocycles. The molecule has 1 aliphatic rings. The van der Waals surface area contributed by atoms with Crippen LogP contribution >= 0.6 is 23.2 Å². The summed E-state index contributed by atoms with van der Waals surface area (Å²) in [4.78, 5) is 27.2. The average molecular weight is 409 g/mol. The largest absolute Gasteiger partial charge is 0.467 e. The van der Waals surface area contributed by atoms with Crippen LogP contribution in [0.2, 0.25) is 5.02 Å². The van der Waals surface area contributed by atoms with Crippen molar-refractivity contribution in [3.63, 3.8) is 0 Å². The number of nitrogens with one attached hydrogen (secondary N) is 1. The van der Waals surface area contributed by atoms with Gasteiger partial charge in [0.1, 0.15) is 17.7 Å². The van der Waals surface area contributed by atoms with Crippen molar-refractivity contribution in [2.45, 2.75) is 44.3 Å². The molecule has 0 radical (unpaired) electrons. The summed E-state index contributed by atoms with van der Waals surface area (Å²) in [6.45, 7) is 0.157. The summed E-state index contributed by atoms with van der Waals surface area (Å²) in [5.41, 5.74) is 0.680. The summed E-state index contributed by atoms with van der Waals surface area (Å²) in [5.74, 6) is -0.188. The average Bonchev–Trinajstić information content (AvgIpc) is 3.36. The Labute approximate surface area is 168 Å². The van der Waals surface area contributed by atoms with Gasteiger partial charge in [-0.1, -0.05) is 36.6 Å². The molecule has 1 atom stereocenters. The number of halogens is 2. The molecular formula is C20H22Cl2N2O3. The minimum atomic E-state index is -0.806. The first-order chi connectivity index (χ1) is 13.1. The van der Waals surface area contributed by atoms with Crippen molar-refractivity contribution in [2.75, 3.05) is 5.88 Å². The molecule has 1 aliphatic carbocycles. The molecule has 5 nitrogen and oxygen atoms in total. The molecule has 27 heavy (non-hydrogen) atoms. The molecule has 2 amide bonds. The fourth-order valence-corrected chi connectivity index (χ4v) is 3.72. The Morgan fingerprint density at radius 2 is 1.89 bits per heavy atom. The molecule has 1 N–H and O–H groups in total. The Morgan fingerprint density at radius 3 is 2.48 bits per heavy atom. The van der Waals surface area contributed by atoms with Crippen LogP contribution in [0, 0.1) is 0 Å². The van der Waals surface area contributed by atoms with Gasteiger partial charge >= 0.3 is 0 Å². The summed E-state index contributed by atoms with van der Waals surface area (Å²) in [6.07, 6.45) is 5.66. The third-order valence-corrected chi connectivity index (χ3v) is 5.27. The lowest BCUT2D eigenvalue weighted by Gasteiger charge is -2.31. The van der Waals surface area contributed by atoms with E-state index in [1.54, 1.807) is 36.4 Å². The van der Waals surface area contributed by atoms with E-state index >= 15 is 0 Å². The SMILES string of the molecule is O=C(NC1CCCC1)[C@H](c1ccc(Cl)cc1)N(Cc1ccco1)C(=O)CCl.